The molecule has 5 rings (SSSR count). The van der Waals surface area contributed by atoms with Crippen LogP contribution in [-0.4, -0.2) is 0 Å². The molecule has 0 heterocycles. The minimum absolute atomic E-state index is 0. The van der Waals surface area contributed by atoms with E-state index in [0.717, 1.165) is 6.42 Å². The summed E-state index contributed by atoms with van der Waals surface area (Å²) in [6.45, 7) is 2.33. The summed E-state index contributed by atoms with van der Waals surface area (Å²) in [5.74, 6) is 0.574. The van der Waals surface area contributed by atoms with E-state index in [4.69, 9.17) is 0 Å². The molecule has 192 valence electrons. The first-order chi connectivity index (χ1) is 12.8. The van der Waals surface area contributed by atoms with Crippen LogP contribution in [0.25, 0.3) is 10.8 Å². The average Bonchev–Trinajstić information content (AvgIpc) is 3.44. The summed E-state index contributed by atoms with van der Waals surface area (Å²) < 4.78 is 0. The van der Waals surface area contributed by atoms with Crippen molar-refractivity contribution in [1.82, 2.24) is 0 Å². The van der Waals surface area contributed by atoms with Crippen molar-refractivity contribution in [2.75, 3.05) is 0 Å². The van der Waals surface area contributed by atoms with Crippen LogP contribution in [0.1, 0.15) is 41.5 Å². The fraction of sp³-hybridized carbons (Fsp3) is 0.182. The molecule has 0 N–H and O–H groups in total. The van der Waals surface area contributed by atoms with Crippen molar-refractivity contribution in [2.45, 2.75) is 38.5 Å². The van der Waals surface area contributed by atoms with Gasteiger partial charge in [0.2, 0.25) is 0 Å². The van der Waals surface area contributed by atoms with Crippen molar-refractivity contribution in [1.29, 1.82) is 0 Å². The van der Waals surface area contributed by atoms with Crippen molar-refractivity contribution in [3.8, 4) is 0 Å². The molecule has 4 aromatic rings. The zero-order valence-electron chi connectivity index (χ0n) is 23.0. The van der Waals surface area contributed by atoms with E-state index in [0.29, 0.717) is 5.92 Å². The van der Waals surface area contributed by atoms with Crippen LogP contribution in [-0.2, 0) is 45.1 Å². The van der Waals surface area contributed by atoms with Gasteiger partial charge in [-0.05, 0) is 30.7 Å². The van der Waals surface area contributed by atoms with E-state index in [1.165, 1.54) is 41.2 Å². The van der Waals surface area contributed by atoms with Crippen LogP contribution in [0.5, 0.6) is 0 Å². The largest absolute Gasteiger partial charge is 0.358 e. The van der Waals surface area contributed by atoms with E-state index < -0.39 is 0 Å². The minimum Gasteiger partial charge on any atom is -0.358 e. The Bertz CT molecular complexity index is 928. The van der Waals surface area contributed by atoms with Gasteiger partial charge in [-0.2, -0.15) is 24.3 Å². The Morgan fingerprint density at radius 1 is 0.765 bits per heavy atom. The molecule has 0 saturated carbocycles. The van der Waals surface area contributed by atoms with Crippen LogP contribution in [0.3, 0.4) is 0 Å². The first-order valence-corrected chi connectivity index (χ1v) is 9.73. The van der Waals surface area contributed by atoms with Gasteiger partial charge in [0.1, 0.15) is 0 Å². The van der Waals surface area contributed by atoms with E-state index >= 15 is 0 Å². The maximum atomic E-state index is 2.46. The van der Waals surface area contributed by atoms with Crippen molar-refractivity contribution in [3.63, 3.8) is 0 Å². The number of benzene rings is 2. The minimum atomic E-state index is 0. The summed E-state index contributed by atoms with van der Waals surface area (Å²) in [6, 6.07) is 30.4. The first kappa shape index (κ1) is 42.4. The quantitative estimate of drug-likeness (QED) is 0.158. The zero-order valence-corrected chi connectivity index (χ0v) is 26.6. The average molecular weight is 622 g/mol. The maximum absolute atomic E-state index is 2.46. The molecule has 0 nitrogen and oxygen atoms in total. The van der Waals surface area contributed by atoms with Gasteiger partial charge in [-0.3, -0.25) is 0 Å². The molecule has 0 radical (unpaired) electrons. The summed E-state index contributed by atoms with van der Waals surface area (Å²) in [5.41, 5.74) is 6.11. The summed E-state index contributed by atoms with van der Waals surface area (Å²) in [4.78, 5) is 0. The Labute approximate surface area is 233 Å². The fourth-order valence-corrected chi connectivity index (χ4v) is 4.07. The Balaban J connectivity index is -0.000000195. The first-order valence-electron chi connectivity index (χ1n) is 9.73. The fourth-order valence-electron chi connectivity index (χ4n) is 4.07. The molecule has 1 aliphatic rings. The van der Waals surface area contributed by atoms with Gasteiger partial charge in [-0.1, -0.05) is 54.8 Å². The molecule has 0 amide bonds. The summed E-state index contributed by atoms with van der Waals surface area (Å²) in [5, 5.41) is 2.92. The van der Waals surface area contributed by atoms with Gasteiger partial charge in [0.15, 0.2) is 0 Å². The van der Waals surface area contributed by atoms with Crippen molar-refractivity contribution < 1.29 is 25.8 Å². The molecule has 0 spiro atoms. The molecule has 34 heavy (non-hydrogen) atoms. The molecular weight excluding hydrogens is 575 g/mol. The smallest absolute Gasteiger partial charge is 0 e. The summed E-state index contributed by atoms with van der Waals surface area (Å²) >= 11 is 0. The van der Waals surface area contributed by atoms with E-state index in [1.54, 1.807) is 11.1 Å². The number of hydrogen-bond acceptors (Lipinski definition) is 0. The second kappa shape index (κ2) is 20.6. The van der Waals surface area contributed by atoms with Gasteiger partial charge < -0.3 is 52.0 Å². The monoisotopic (exact) mass is 623 g/mol. The predicted molar refractivity (Wildman–Crippen MR) is 157 cm³/mol. The van der Waals surface area contributed by atoms with Crippen LogP contribution in [0.15, 0.2) is 84.9 Å². The normalized spacial score (nSPS) is 10.6. The third-order valence-electron chi connectivity index (χ3n) is 5.52. The Morgan fingerprint density at radius 3 is 1.85 bits per heavy atom. The van der Waals surface area contributed by atoms with Crippen molar-refractivity contribution in [2.24, 2.45) is 0 Å². The number of fused-ring (bicyclic) bond motifs is 2. The van der Waals surface area contributed by atoms with Gasteiger partial charge in [-0.15, -0.1) is 34.5 Å². The van der Waals surface area contributed by atoms with E-state index in [2.05, 4.69) is 61.5 Å². The standard InChI is InChI=1S/C21H21.C5H5.7CH3.Hf/c1-15(16-6-3-2-4-7-16)12-19-10-11-20-13-17-8-5-9-18(17)14-21(19)20;1-2-4-5-3-1;;;;;;;;/h2-4,6-7,10-11,13-15H,5,8-9,12H2,1H3;1-5H;7*1H3;/q9*-1;. The number of rotatable bonds is 3. The Hall–Kier alpha value is -1.73. The number of hydrogen-bond donors (Lipinski definition) is 0. The van der Waals surface area contributed by atoms with Gasteiger partial charge in [0, 0.05) is 25.8 Å². The van der Waals surface area contributed by atoms with Gasteiger partial charge >= 0.3 is 0 Å². The van der Waals surface area contributed by atoms with E-state index in [1.807, 2.05) is 30.3 Å². The SMILES string of the molecule is CC(C[c-]1ccc2cc3c(cc21)CCC3)c1ccccc1.[CH3-].[CH3-].[CH3-].[CH3-].[CH3-].[CH3-].[CH3-].[Hf].c1cc[cH-]c1. The van der Waals surface area contributed by atoms with Crippen LogP contribution < -0.4 is 0 Å². The van der Waals surface area contributed by atoms with Crippen LogP contribution in [0, 0.1) is 52.0 Å². The molecular formula is C33H47Hf-9. The molecule has 1 heteroatoms. The third-order valence-corrected chi connectivity index (χ3v) is 5.52. The second-order valence-electron chi connectivity index (χ2n) is 7.40. The molecule has 4 aromatic carbocycles. The van der Waals surface area contributed by atoms with Crippen molar-refractivity contribution in [3.05, 3.63) is 159 Å². The van der Waals surface area contributed by atoms with Gasteiger partial charge in [0.05, 0.1) is 0 Å². The summed E-state index contributed by atoms with van der Waals surface area (Å²) in [7, 11) is 0. The van der Waals surface area contributed by atoms with Gasteiger partial charge in [-0.25, -0.2) is 12.1 Å². The Morgan fingerprint density at radius 2 is 1.32 bits per heavy atom. The predicted octanol–water partition coefficient (Wildman–Crippen LogP) is 9.95. The molecule has 0 aliphatic heterocycles. The summed E-state index contributed by atoms with van der Waals surface area (Å²) in [6.07, 6.45) is 5.00. The molecule has 0 bridgehead atoms. The maximum Gasteiger partial charge on any atom is 0 e. The number of aryl methyl sites for hydroxylation is 2. The third kappa shape index (κ3) is 10.3. The molecule has 1 aliphatic carbocycles. The van der Waals surface area contributed by atoms with Gasteiger partial charge in [0.25, 0.3) is 0 Å². The van der Waals surface area contributed by atoms with Crippen LogP contribution >= 0.6 is 0 Å². The molecule has 1 unspecified atom stereocenters. The van der Waals surface area contributed by atoms with Crippen LogP contribution in [0.2, 0.25) is 0 Å². The zero-order chi connectivity index (χ0) is 17.8. The molecule has 0 aromatic heterocycles. The topological polar surface area (TPSA) is 0 Å². The second-order valence-corrected chi connectivity index (χ2v) is 7.40. The van der Waals surface area contributed by atoms with Crippen molar-refractivity contribution >= 4 is 10.8 Å². The molecule has 0 fully saturated rings. The van der Waals surface area contributed by atoms with Crippen LogP contribution in [0.4, 0.5) is 0 Å². The molecule has 0 saturated heterocycles. The van der Waals surface area contributed by atoms with E-state index in [9.17, 15) is 0 Å². The van der Waals surface area contributed by atoms with E-state index in [-0.39, 0.29) is 77.8 Å². The Kier molecular flexibility index (Phi) is 25.7. The molecule has 1 atom stereocenters.